The SMILES string of the molecule is CNc1ccc(-c2ccc(SC(F)F)cc2)nn1. The number of hydrogen-bond acceptors (Lipinski definition) is 4. The van der Waals surface area contributed by atoms with Crippen LogP contribution in [0.4, 0.5) is 14.6 Å². The zero-order valence-electron chi connectivity index (χ0n) is 9.60. The van der Waals surface area contributed by atoms with Gasteiger partial charge in [0.25, 0.3) is 5.76 Å². The predicted molar refractivity (Wildman–Crippen MR) is 68.9 cm³/mol. The van der Waals surface area contributed by atoms with Crippen molar-refractivity contribution in [3.63, 3.8) is 0 Å². The first kappa shape index (κ1) is 12.8. The molecule has 0 spiro atoms. The number of alkyl halides is 2. The van der Waals surface area contributed by atoms with Gasteiger partial charge in [-0.1, -0.05) is 23.9 Å². The third-order valence-corrected chi connectivity index (χ3v) is 3.02. The van der Waals surface area contributed by atoms with E-state index in [4.69, 9.17) is 0 Å². The standard InChI is InChI=1S/C12H11F2N3S/c1-15-11-7-6-10(16-17-11)8-2-4-9(5-3-8)18-12(13)14/h2-7,12H,1H3,(H,15,17). The number of nitrogens with zero attached hydrogens (tertiary/aromatic N) is 2. The molecule has 0 atom stereocenters. The smallest absolute Gasteiger partial charge is 0.288 e. The minimum Gasteiger partial charge on any atom is -0.372 e. The van der Waals surface area contributed by atoms with Crippen molar-refractivity contribution in [2.24, 2.45) is 0 Å². The third-order valence-electron chi connectivity index (χ3n) is 2.30. The second kappa shape index (κ2) is 5.77. The Labute approximate surface area is 108 Å². The van der Waals surface area contributed by atoms with Crippen molar-refractivity contribution < 1.29 is 8.78 Å². The van der Waals surface area contributed by atoms with E-state index >= 15 is 0 Å². The van der Waals surface area contributed by atoms with Crippen LogP contribution in [0.5, 0.6) is 0 Å². The molecule has 1 heterocycles. The van der Waals surface area contributed by atoms with E-state index in [9.17, 15) is 8.78 Å². The summed E-state index contributed by atoms with van der Waals surface area (Å²) in [6.07, 6.45) is 0. The van der Waals surface area contributed by atoms with Gasteiger partial charge in [0, 0.05) is 17.5 Å². The molecule has 0 bridgehead atoms. The maximum absolute atomic E-state index is 12.2. The highest BCUT2D eigenvalue weighted by molar-refractivity contribution is 7.99. The van der Waals surface area contributed by atoms with E-state index in [0.717, 1.165) is 5.56 Å². The summed E-state index contributed by atoms with van der Waals surface area (Å²) in [5, 5.41) is 10.9. The number of benzene rings is 1. The lowest BCUT2D eigenvalue weighted by atomic mass is 10.1. The summed E-state index contributed by atoms with van der Waals surface area (Å²) in [5.41, 5.74) is 1.56. The molecule has 3 nitrogen and oxygen atoms in total. The van der Waals surface area contributed by atoms with Crippen LogP contribution in [-0.2, 0) is 0 Å². The van der Waals surface area contributed by atoms with E-state index in [-0.39, 0.29) is 0 Å². The first-order valence-corrected chi connectivity index (χ1v) is 6.14. The van der Waals surface area contributed by atoms with Crippen molar-refractivity contribution in [1.82, 2.24) is 10.2 Å². The van der Waals surface area contributed by atoms with Gasteiger partial charge < -0.3 is 5.32 Å². The highest BCUT2D eigenvalue weighted by Crippen LogP contribution is 2.27. The Bertz CT molecular complexity index is 500. The highest BCUT2D eigenvalue weighted by Gasteiger charge is 2.06. The topological polar surface area (TPSA) is 37.8 Å². The molecule has 0 fully saturated rings. The molecule has 1 aromatic carbocycles. The minimum absolute atomic E-state index is 0.529. The Balaban J connectivity index is 2.17. The number of aromatic nitrogens is 2. The molecule has 0 radical (unpaired) electrons. The molecular weight excluding hydrogens is 256 g/mol. The molecule has 1 N–H and O–H groups in total. The van der Waals surface area contributed by atoms with Gasteiger partial charge in [0.1, 0.15) is 5.82 Å². The quantitative estimate of drug-likeness (QED) is 0.860. The van der Waals surface area contributed by atoms with E-state index in [0.29, 0.717) is 28.2 Å². The van der Waals surface area contributed by atoms with Crippen molar-refractivity contribution >= 4 is 17.6 Å². The molecular formula is C12H11F2N3S. The molecule has 0 aliphatic heterocycles. The lowest BCUT2D eigenvalue weighted by Crippen LogP contribution is -1.95. The Hall–Kier alpha value is -1.69. The van der Waals surface area contributed by atoms with Crippen LogP contribution in [0.2, 0.25) is 0 Å². The molecule has 2 aromatic rings. The van der Waals surface area contributed by atoms with Crippen molar-refractivity contribution in [3.05, 3.63) is 36.4 Å². The normalized spacial score (nSPS) is 10.7. The van der Waals surface area contributed by atoms with Gasteiger partial charge in [-0.15, -0.1) is 10.2 Å². The largest absolute Gasteiger partial charge is 0.372 e. The number of thioether (sulfide) groups is 1. The Morgan fingerprint density at radius 3 is 2.28 bits per heavy atom. The van der Waals surface area contributed by atoms with Crippen LogP contribution in [0.25, 0.3) is 11.3 Å². The molecule has 0 amide bonds. The van der Waals surface area contributed by atoms with E-state index in [2.05, 4.69) is 15.5 Å². The summed E-state index contributed by atoms with van der Waals surface area (Å²) >= 11 is 0.529. The second-order valence-electron chi connectivity index (χ2n) is 3.46. The molecule has 1 aromatic heterocycles. The van der Waals surface area contributed by atoms with Gasteiger partial charge in [-0.25, -0.2) is 0 Å². The van der Waals surface area contributed by atoms with E-state index in [1.165, 1.54) is 0 Å². The first-order chi connectivity index (χ1) is 8.69. The maximum Gasteiger partial charge on any atom is 0.288 e. The fraction of sp³-hybridized carbons (Fsp3) is 0.167. The average Bonchev–Trinajstić information content (AvgIpc) is 2.39. The van der Waals surface area contributed by atoms with Crippen molar-refractivity contribution in [1.29, 1.82) is 0 Å². The van der Waals surface area contributed by atoms with E-state index in [1.807, 2.05) is 12.1 Å². The lowest BCUT2D eigenvalue weighted by molar-refractivity contribution is 0.252. The average molecular weight is 267 g/mol. The Morgan fingerprint density at radius 2 is 1.78 bits per heavy atom. The van der Waals surface area contributed by atoms with Crippen LogP contribution in [0.3, 0.4) is 0 Å². The van der Waals surface area contributed by atoms with Crippen LogP contribution in [0.15, 0.2) is 41.3 Å². The van der Waals surface area contributed by atoms with Gasteiger partial charge in [-0.05, 0) is 24.3 Å². The minimum atomic E-state index is -2.40. The monoisotopic (exact) mass is 267 g/mol. The molecule has 18 heavy (non-hydrogen) atoms. The predicted octanol–water partition coefficient (Wildman–Crippen LogP) is 3.50. The summed E-state index contributed by atoms with van der Waals surface area (Å²) in [5.74, 6) is -1.71. The second-order valence-corrected chi connectivity index (χ2v) is 4.52. The summed E-state index contributed by atoms with van der Waals surface area (Å²) in [7, 11) is 1.76. The highest BCUT2D eigenvalue weighted by atomic mass is 32.2. The van der Waals surface area contributed by atoms with Crippen LogP contribution >= 0.6 is 11.8 Å². The van der Waals surface area contributed by atoms with Gasteiger partial charge in [0.15, 0.2) is 0 Å². The first-order valence-electron chi connectivity index (χ1n) is 5.26. The van der Waals surface area contributed by atoms with Crippen LogP contribution in [0.1, 0.15) is 0 Å². The third kappa shape index (κ3) is 3.16. The molecule has 0 saturated heterocycles. The van der Waals surface area contributed by atoms with Crippen molar-refractivity contribution in [2.45, 2.75) is 10.7 Å². The Morgan fingerprint density at radius 1 is 1.06 bits per heavy atom. The fourth-order valence-electron chi connectivity index (χ4n) is 1.43. The number of nitrogens with one attached hydrogen (secondary N) is 1. The summed E-state index contributed by atoms with van der Waals surface area (Å²) in [6.45, 7) is 0. The van der Waals surface area contributed by atoms with Crippen molar-refractivity contribution in [2.75, 3.05) is 12.4 Å². The molecule has 94 valence electrons. The summed E-state index contributed by atoms with van der Waals surface area (Å²) in [4.78, 5) is 0.536. The molecule has 0 aliphatic carbocycles. The van der Waals surface area contributed by atoms with Crippen LogP contribution < -0.4 is 5.32 Å². The van der Waals surface area contributed by atoms with Gasteiger partial charge in [-0.3, -0.25) is 0 Å². The molecule has 6 heteroatoms. The summed E-state index contributed by atoms with van der Waals surface area (Å²) in [6, 6.07) is 10.5. The van der Waals surface area contributed by atoms with Crippen LogP contribution in [0, 0.1) is 0 Å². The number of anilines is 1. The van der Waals surface area contributed by atoms with Crippen molar-refractivity contribution in [3.8, 4) is 11.3 Å². The number of rotatable bonds is 4. The molecule has 0 saturated carbocycles. The van der Waals surface area contributed by atoms with E-state index in [1.54, 1.807) is 31.3 Å². The summed E-state index contributed by atoms with van der Waals surface area (Å²) < 4.78 is 24.3. The number of hydrogen-bond donors (Lipinski definition) is 1. The molecule has 2 rings (SSSR count). The van der Waals surface area contributed by atoms with Gasteiger partial charge >= 0.3 is 0 Å². The Kier molecular flexibility index (Phi) is 4.09. The van der Waals surface area contributed by atoms with Gasteiger partial charge in [0.2, 0.25) is 0 Å². The maximum atomic E-state index is 12.2. The van der Waals surface area contributed by atoms with Gasteiger partial charge in [-0.2, -0.15) is 8.78 Å². The molecule has 0 unspecified atom stereocenters. The zero-order chi connectivity index (χ0) is 13.0. The fourth-order valence-corrected chi connectivity index (χ4v) is 1.93. The lowest BCUT2D eigenvalue weighted by Gasteiger charge is -2.03. The van der Waals surface area contributed by atoms with Crippen LogP contribution in [-0.4, -0.2) is 23.0 Å². The van der Waals surface area contributed by atoms with E-state index < -0.39 is 5.76 Å². The zero-order valence-corrected chi connectivity index (χ0v) is 10.4. The number of halogens is 2. The molecule has 0 aliphatic rings. The van der Waals surface area contributed by atoms with Gasteiger partial charge in [0.05, 0.1) is 5.69 Å².